The van der Waals surface area contributed by atoms with E-state index in [0.717, 1.165) is 38.3 Å². The molecule has 0 spiro atoms. The Bertz CT molecular complexity index is 487. The molecule has 0 bridgehead atoms. The minimum atomic E-state index is -0.400. The number of carbonyl (C=O) groups excluding carboxylic acids is 1. The summed E-state index contributed by atoms with van der Waals surface area (Å²) >= 11 is 0. The average Bonchev–Trinajstić information content (AvgIpc) is 2.57. The number of piperidine rings is 1. The van der Waals surface area contributed by atoms with E-state index in [0.29, 0.717) is 12.5 Å². The summed E-state index contributed by atoms with van der Waals surface area (Å²) in [4.78, 5) is 15.6. The normalized spacial score (nSPS) is 17.8. The maximum Gasteiger partial charge on any atom is 0.216 e. The van der Waals surface area contributed by atoms with Crippen molar-refractivity contribution in [3.63, 3.8) is 0 Å². The molecule has 2 rings (SSSR count). The number of hydrogen-bond donors (Lipinski definition) is 2. The van der Waals surface area contributed by atoms with Crippen molar-refractivity contribution in [2.45, 2.75) is 25.9 Å². The predicted molar refractivity (Wildman–Crippen MR) is 96.7 cm³/mol. The van der Waals surface area contributed by atoms with E-state index in [4.69, 9.17) is 0 Å². The lowest BCUT2D eigenvalue weighted by Gasteiger charge is -2.34. The summed E-state index contributed by atoms with van der Waals surface area (Å²) in [6.07, 6.45) is 1.95. The van der Waals surface area contributed by atoms with E-state index in [1.165, 1.54) is 12.8 Å². The fourth-order valence-electron chi connectivity index (χ4n) is 3.33. The van der Waals surface area contributed by atoms with Gasteiger partial charge in [0.05, 0.1) is 6.10 Å². The smallest absolute Gasteiger partial charge is 0.216 e. The summed E-state index contributed by atoms with van der Waals surface area (Å²) in [6, 6.07) is 9.90. The highest BCUT2D eigenvalue weighted by Gasteiger charge is 2.22. The van der Waals surface area contributed by atoms with Crippen LogP contribution in [0.25, 0.3) is 0 Å². The maximum absolute atomic E-state index is 10.9. The Balaban J connectivity index is 1.65. The molecule has 0 saturated carbocycles. The van der Waals surface area contributed by atoms with Gasteiger partial charge in [0.1, 0.15) is 0 Å². The number of benzene rings is 1. The second-order valence-corrected chi connectivity index (χ2v) is 6.92. The summed E-state index contributed by atoms with van der Waals surface area (Å²) < 4.78 is 0. The number of aliphatic hydroxyl groups is 1. The van der Waals surface area contributed by atoms with Crippen LogP contribution in [-0.4, -0.2) is 67.1 Å². The van der Waals surface area contributed by atoms with Gasteiger partial charge >= 0.3 is 0 Å². The first kappa shape index (κ1) is 18.9. The first-order valence-corrected chi connectivity index (χ1v) is 8.93. The summed E-state index contributed by atoms with van der Waals surface area (Å²) in [5, 5.41) is 13.2. The van der Waals surface area contributed by atoms with Crippen LogP contribution in [0.4, 0.5) is 0 Å². The van der Waals surface area contributed by atoms with Crippen LogP contribution in [0, 0.1) is 5.92 Å². The van der Waals surface area contributed by atoms with E-state index in [-0.39, 0.29) is 5.91 Å². The first-order chi connectivity index (χ1) is 11.5. The predicted octanol–water partition coefficient (Wildman–Crippen LogP) is 1.50. The van der Waals surface area contributed by atoms with Crippen LogP contribution < -0.4 is 5.32 Å². The van der Waals surface area contributed by atoms with Crippen LogP contribution in [0.3, 0.4) is 0 Å². The summed E-state index contributed by atoms with van der Waals surface area (Å²) in [5.74, 6) is 0.742. The molecule has 0 unspecified atom stereocenters. The average molecular weight is 333 g/mol. The first-order valence-electron chi connectivity index (χ1n) is 8.93. The van der Waals surface area contributed by atoms with E-state index in [1.54, 1.807) is 6.92 Å². The SMILES string of the molecule is CC(=O)NCCN(C)CC1CCN(C[C@@H](O)c2ccccc2)CC1. The fraction of sp³-hybridized carbons (Fsp3) is 0.632. The van der Waals surface area contributed by atoms with Gasteiger partial charge < -0.3 is 20.2 Å². The van der Waals surface area contributed by atoms with E-state index in [2.05, 4.69) is 22.2 Å². The molecule has 1 aliphatic rings. The zero-order valence-electron chi connectivity index (χ0n) is 14.9. The number of hydrogen-bond acceptors (Lipinski definition) is 4. The van der Waals surface area contributed by atoms with Gasteiger partial charge in [-0.15, -0.1) is 0 Å². The lowest BCUT2D eigenvalue weighted by atomic mass is 9.95. The van der Waals surface area contributed by atoms with E-state index in [1.807, 2.05) is 30.3 Å². The standard InChI is InChI=1S/C19H31N3O2/c1-16(23)20-10-13-21(2)14-17-8-11-22(12-9-17)15-19(24)18-6-4-3-5-7-18/h3-7,17,19,24H,8-15H2,1-2H3,(H,20,23)/t19-/m1/s1. The van der Waals surface area contributed by atoms with Gasteiger partial charge in [-0.05, 0) is 44.5 Å². The van der Waals surface area contributed by atoms with Crippen molar-refractivity contribution in [3.8, 4) is 0 Å². The Labute approximate surface area is 145 Å². The number of carbonyl (C=O) groups is 1. The van der Waals surface area contributed by atoms with Crippen molar-refractivity contribution >= 4 is 5.91 Å². The molecule has 1 heterocycles. The Morgan fingerprint density at radius 1 is 1.33 bits per heavy atom. The molecule has 0 radical (unpaired) electrons. The van der Waals surface area contributed by atoms with Crippen LogP contribution in [0.1, 0.15) is 31.4 Å². The van der Waals surface area contributed by atoms with Crippen LogP contribution in [-0.2, 0) is 4.79 Å². The number of nitrogens with zero attached hydrogens (tertiary/aromatic N) is 2. The number of nitrogens with one attached hydrogen (secondary N) is 1. The van der Waals surface area contributed by atoms with E-state index >= 15 is 0 Å². The minimum Gasteiger partial charge on any atom is -0.387 e. The van der Waals surface area contributed by atoms with Gasteiger partial charge in [0.15, 0.2) is 0 Å². The molecule has 24 heavy (non-hydrogen) atoms. The number of rotatable bonds is 8. The van der Waals surface area contributed by atoms with Gasteiger partial charge in [0.2, 0.25) is 5.91 Å². The number of amides is 1. The Kier molecular flexibility index (Phi) is 7.69. The highest BCUT2D eigenvalue weighted by molar-refractivity contribution is 5.72. The summed E-state index contributed by atoms with van der Waals surface area (Å²) in [6.45, 7) is 7.06. The van der Waals surface area contributed by atoms with Crippen molar-refractivity contribution in [1.82, 2.24) is 15.1 Å². The molecule has 1 aliphatic heterocycles. The molecule has 1 atom stereocenters. The molecule has 1 aromatic rings. The van der Waals surface area contributed by atoms with Crippen molar-refractivity contribution in [1.29, 1.82) is 0 Å². The second kappa shape index (κ2) is 9.77. The molecule has 5 nitrogen and oxygen atoms in total. The molecule has 134 valence electrons. The minimum absolute atomic E-state index is 0.0358. The van der Waals surface area contributed by atoms with Crippen LogP contribution >= 0.6 is 0 Å². The van der Waals surface area contributed by atoms with Gasteiger partial charge in [0.25, 0.3) is 0 Å². The molecule has 1 amide bonds. The summed E-state index contributed by atoms with van der Waals surface area (Å²) in [5.41, 5.74) is 0.998. The third-order valence-corrected chi connectivity index (χ3v) is 4.76. The van der Waals surface area contributed by atoms with Gasteiger partial charge in [-0.25, -0.2) is 0 Å². The number of aliphatic hydroxyl groups excluding tert-OH is 1. The van der Waals surface area contributed by atoms with Gasteiger partial charge in [-0.2, -0.15) is 0 Å². The van der Waals surface area contributed by atoms with Crippen LogP contribution in [0.5, 0.6) is 0 Å². The largest absolute Gasteiger partial charge is 0.387 e. The Morgan fingerprint density at radius 3 is 2.62 bits per heavy atom. The molecule has 2 N–H and O–H groups in total. The number of likely N-dealkylation sites (tertiary alicyclic amines) is 1. The van der Waals surface area contributed by atoms with Gasteiger partial charge in [0, 0.05) is 33.1 Å². The zero-order chi connectivity index (χ0) is 17.4. The molecule has 1 fully saturated rings. The quantitative estimate of drug-likeness (QED) is 0.757. The molecule has 1 aromatic carbocycles. The molecule has 0 aliphatic carbocycles. The molecule has 1 saturated heterocycles. The Morgan fingerprint density at radius 2 is 2.00 bits per heavy atom. The van der Waals surface area contributed by atoms with E-state index < -0.39 is 6.10 Å². The van der Waals surface area contributed by atoms with E-state index in [9.17, 15) is 9.90 Å². The van der Waals surface area contributed by atoms with Crippen molar-refractivity contribution in [3.05, 3.63) is 35.9 Å². The Hall–Kier alpha value is -1.43. The third-order valence-electron chi connectivity index (χ3n) is 4.76. The number of β-amino-alcohol motifs (C(OH)–C–C–N with tert-alkyl or cyclic N) is 1. The van der Waals surface area contributed by atoms with Crippen molar-refractivity contribution in [2.24, 2.45) is 5.92 Å². The highest BCUT2D eigenvalue weighted by atomic mass is 16.3. The monoisotopic (exact) mass is 333 g/mol. The van der Waals surface area contributed by atoms with Gasteiger partial charge in [-0.1, -0.05) is 30.3 Å². The molecule has 0 aromatic heterocycles. The van der Waals surface area contributed by atoms with Gasteiger partial charge in [-0.3, -0.25) is 4.79 Å². The topological polar surface area (TPSA) is 55.8 Å². The summed E-state index contributed by atoms with van der Waals surface area (Å²) in [7, 11) is 2.12. The molecular weight excluding hydrogens is 302 g/mol. The van der Waals surface area contributed by atoms with Crippen LogP contribution in [0.15, 0.2) is 30.3 Å². The molecular formula is C19H31N3O2. The number of likely N-dealkylation sites (N-methyl/N-ethyl adjacent to an activating group) is 1. The molecule has 5 heteroatoms. The van der Waals surface area contributed by atoms with Crippen molar-refractivity contribution < 1.29 is 9.90 Å². The maximum atomic E-state index is 10.9. The fourth-order valence-corrected chi connectivity index (χ4v) is 3.33. The highest BCUT2D eigenvalue weighted by Crippen LogP contribution is 2.21. The second-order valence-electron chi connectivity index (χ2n) is 6.92. The van der Waals surface area contributed by atoms with Crippen LogP contribution in [0.2, 0.25) is 0 Å². The van der Waals surface area contributed by atoms with Crippen molar-refractivity contribution in [2.75, 3.05) is 46.3 Å². The lowest BCUT2D eigenvalue weighted by Crippen LogP contribution is -2.41. The zero-order valence-corrected chi connectivity index (χ0v) is 14.9. The third kappa shape index (κ3) is 6.59. The lowest BCUT2D eigenvalue weighted by molar-refractivity contribution is -0.119.